The van der Waals surface area contributed by atoms with Crippen molar-refractivity contribution in [2.24, 2.45) is 0 Å². The molecule has 1 aliphatic heterocycles. The van der Waals surface area contributed by atoms with Crippen molar-refractivity contribution in [2.75, 3.05) is 20.7 Å². The molecule has 1 aromatic carbocycles. The Morgan fingerprint density at radius 1 is 1.52 bits per heavy atom. The zero-order chi connectivity index (χ0) is 15.5. The van der Waals surface area contributed by atoms with Crippen LogP contribution in [0, 0.1) is 0 Å². The van der Waals surface area contributed by atoms with E-state index in [1.54, 1.807) is 0 Å². The Bertz CT molecular complexity index is 510. The van der Waals surface area contributed by atoms with Gasteiger partial charge in [0.1, 0.15) is 13.2 Å². The van der Waals surface area contributed by atoms with Gasteiger partial charge in [-0.1, -0.05) is 36.9 Å². The van der Waals surface area contributed by atoms with E-state index in [1.165, 1.54) is 6.20 Å². The number of carbonyl (C=O) groups is 1. The Morgan fingerprint density at radius 2 is 2.14 bits per heavy atom. The molecule has 0 radical (unpaired) electrons. The molecular weight excluding hydrogens is 268 g/mol. The summed E-state index contributed by atoms with van der Waals surface area (Å²) in [6, 6.07) is 9.62. The number of rotatable bonds is 7. The molecule has 0 amide bonds. The highest BCUT2D eigenvalue weighted by molar-refractivity contribution is 5.74. The number of carbonyl (C=O) groups excluding carboxylic acids is 1. The Balaban J connectivity index is 2.04. The van der Waals surface area contributed by atoms with E-state index in [0.717, 1.165) is 5.56 Å². The second-order valence-electron chi connectivity index (χ2n) is 5.87. The highest BCUT2D eigenvalue weighted by atomic mass is 16.6. The van der Waals surface area contributed by atoms with E-state index in [2.05, 4.69) is 11.9 Å². The molecule has 1 aromatic rings. The number of benzene rings is 1. The van der Waals surface area contributed by atoms with Crippen LogP contribution in [0.5, 0.6) is 0 Å². The fourth-order valence-corrected chi connectivity index (χ4v) is 2.15. The van der Waals surface area contributed by atoms with Gasteiger partial charge in [-0.2, -0.15) is 0 Å². The second kappa shape index (κ2) is 5.87. The predicted octanol–water partition coefficient (Wildman–Crippen LogP) is 1.61. The normalized spacial score (nSPS) is 22.2. The maximum absolute atomic E-state index is 12.4. The van der Waals surface area contributed by atoms with Crippen LogP contribution < -0.4 is 5.32 Å². The third-order valence-corrected chi connectivity index (χ3v) is 4.15. The number of epoxide rings is 1. The molecule has 1 heterocycles. The molecule has 5 heteroatoms. The van der Waals surface area contributed by atoms with Gasteiger partial charge in [-0.25, -0.2) is 4.79 Å². The average molecular weight is 291 g/mol. The summed E-state index contributed by atoms with van der Waals surface area (Å²) in [7, 11) is 3.88. The van der Waals surface area contributed by atoms with Crippen LogP contribution in [0.1, 0.15) is 12.5 Å². The van der Waals surface area contributed by atoms with Crippen LogP contribution >= 0.6 is 0 Å². The average Bonchev–Trinajstić information content (AvgIpc) is 3.23. The van der Waals surface area contributed by atoms with Gasteiger partial charge in [-0.05, 0) is 11.8 Å². The number of nitrogens with one attached hydrogen (secondary N) is 1. The first kappa shape index (κ1) is 15.5. The largest absolute Gasteiger partial charge is 0.455 e. The minimum atomic E-state index is -0.557. The number of esters is 1. The molecule has 2 rings (SSSR count). The SMILES string of the molecule is C=CNC(C(=O)OCc1ccccc1)[N+](C)(C)C1(C)CO1. The minimum Gasteiger partial charge on any atom is -0.455 e. The topological polar surface area (TPSA) is 50.9 Å². The number of ether oxygens (including phenoxy) is 2. The zero-order valence-corrected chi connectivity index (χ0v) is 12.8. The fraction of sp³-hybridized carbons (Fsp3) is 0.438. The van der Waals surface area contributed by atoms with Crippen LogP contribution in [0.2, 0.25) is 0 Å². The lowest BCUT2D eigenvalue weighted by atomic mass is 10.2. The molecule has 1 fully saturated rings. The lowest BCUT2D eigenvalue weighted by molar-refractivity contribution is -0.952. The predicted molar refractivity (Wildman–Crippen MR) is 79.8 cm³/mol. The lowest BCUT2D eigenvalue weighted by Crippen LogP contribution is -2.65. The first-order valence-electron chi connectivity index (χ1n) is 6.96. The van der Waals surface area contributed by atoms with Crippen molar-refractivity contribution in [2.45, 2.75) is 25.4 Å². The van der Waals surface area contributed by atoms with Crippen molar-refractivity contribution < 1.29 is 18.8 Å². The van der Waals surface area contributed by atoms with E-state index in [1.807, 2.05) is 51.4 Å². The number of nitrogens with zero attached hydrogens (tertiary/aromatic N) is 1. The minimum absolute atomic E-state index is 0.257. The number of quaternary nitrogens is 1. The summed E-state index contributed by atoms with van der Waals surface area (Å²) in [6.45, 7) is 6.51. The second-order valence-corrected chi connectivity index (χ2v) is 5.87. The highest BCUT2D eigenvalue weighted by Gasteiger charge is 2.59. The molecule has 1 saturated heterocycles. The van der Waals surface area contributed by atoms with Crippen molar-refractivity contribution in [3.8, 4) is 0 Å². The Morgan fingerprint density at radius 3 is 2.67 bits per heavy atom. The summed E-state index contributed by atoms with van der Waals surface area (Å²) in [5.41, 5.74) is 0.592. The van der Waals surface area contributed by atoms with Gasteiger partial charge in [0.25, 0.3) is 6.17 Å². The molecule has 0 aliphatic carbocycles. The van der Waals surface area contributed by atoms with E-state index in [9.17, 15) is 4.79 Å². The monoisotopic (exact) mass is 291 g/mol. The van der Waals surface area contributed by atoms with Crippen LogP contribution in [-0.2, 0) is 20.9 Å². The van der Waals surface area contributed by atoms with E-state index in [0.29, 0.717) is 11.1 Å². The summed E-state index contributed by atoms with van der Waals surface area (Å²) >= 11 is 0. The van der Waals surface area contributed by atoms with Gasteiger partial charge in [-0.15, -0.1) is 0 Å². The summed E-state index contributed by atoms with van der Waals surface area (Å²) in [5, 5.41) is 2.99. The molecule has 5 nitrogen and oxygen atoms in total. The van der Waals surface area contributed by atoms with Gasteiger partial charge in [0, 0.05) is 6.92 Å². The molecule has 2 unspecified atom stereocenters. The third-order valence-electron chi connectivity index (χ3n) is 4.15. The fourth-order valence-electron chi connectivity index (χ4n) is 2.15. The van der Waals surface area contributed by atoms with Crippen molar-refractivity contribution in [1.29, 1.82) is 0 Å². The Kier molecular flexibility index (Phi) is 4.34. The molecule has 21 heavy (non-hydrogen) atoms. The first-order valence-corrected chi connectivity index (χ1v) is 6.96. The van der Waals surface area contributed by atoms with Crippen LogP contribution in [0.4, 0.5) is 0 Å². The highest BCUT2D eigenvalue weighted by Crippen LogP contribution is 2.36. The van der Waals surface area contributed by atoms with E-state index < -0.39 is 6.17 Å². The van der Waals surface area contributed by atoms with Gasteiger partial charge >= 0.3 is 5.97 Å². The van der Waals surface area contributed by atoms with E-state index in [4.69, 9.17) is 9.47 Å². The summed E-state index contributed by atoms with van der Waals surface area (Å²) < 4.78 is 11.3. The maximum atomic E-state index is 12.4. The van der Waals surface area contributed by atoms with Gasteiger partial charge in [-0.3, -0.25) is 4.48 Å². The number of hydrogen-bond acceptors (Lipinski definition) is 4. The van der Waals surface area contributed by atoms with Gasteiger partial charge in [0.05, 0.1) is 14.1 Å². The van der Waals surface area contributed by atoms with Gasteiger partial charge in [0.2, 0.25) is 5.72 Å². The summed E-state index contributed by atoms with van der Waals surface area (Å²) in [6.07, 6.45) is 0.957. The summed E-state index contributed by atoms with van der Waals surface area (Å²) in [4.78, 5) is 12.4. The molecule has 1 aliphatic rings. The molecule has 114 valence electrons. The van der Waals surface area contributed by atoms with Crippen molar-refractivity contribution >= 4 is 5.97 Å². The van der Waals surface area contributed by atoms with Crippen LogP contribution in [0.25, 0.3) is 0 Å². The third kappa shape index (κ3) is 3.25. The Labute approximate surface area is 125 Å². The number of hydrogen-bond donors (Lipinski definition) is 1. The smallest absolute Gasteiger partial charge is 0.387 e. The molecule has 0 aromatic heterocycles. The lowest BCUT2D eigenvalue weighted by Gasteiger charge is -2.39. The Hall–Kier alpha value is -1.85. The summed E-state index contributed by atoms with van der Waals surface area (Å²) in [5.74, 6) is -0.319. The van der Waals surface area contributed by atoms with Gasteiger partial charge < -0.3 is 14.8 Å². The van der Waals surface area contributed by atoms with Gasteiger partial charge in [0.15, 0.2) is 0 Å². The molecular formula is C16H23N2O3+. The molecule has 0 spiro atoms. The standard InChI is InChI=1S/C16H23N2O3/c1-5-17-14(18(3,4)16(2)12-21-16)15(19)20-11-13-9-7-6-8-10-13/h5-10,14,17H,1,11-12H2,2-4H3/q+1. The molecule has 0 saturated carbocycles. The van der Waals surface area contributed by atoms with Crippen LogP contribution in [0.15, 0.2) is 43.1 Å². The first-order chi connectivity index (χ1) is 9.90. The van der Waals surface area contributed by atoms with Crippen molar-refractivity contribution in [1.82, 2.24) is 5.32 Å². The van der Waals surface area contributed by atoms with Crippen LogP contribution in [-0.4, -0.2) is 43.0 Å². The van der Waals surface area contributed by atoms with Crippen molar-refractivity contribution in [3.05, 3.63) is 48.7 Å². The van der Waals surface area contributed by atoms with E-state index >= 15 is 0 Å². The molecule has 0 bridgehead atoms. The number of likely N-dealkylation sites (N-methyl/N-ethyl adjacent to an activating group) is 1. The zero-order valence-electron chi connectivity index (χ0n) is 12.8. The molecule has 2 atom stereocenters. The maximum Gasteiger partial charge on any atom is 0.387 e. The quantitative estimate of drug-likeness (QED) is 0.359. The van der Waals surface area contributed by atoms with Crippen molar-refractivity contribution in [3.63, 3.8) is 0 Å². The van der Waals surface area contributed by atoms with Crippen LogP contribution in [0.3, 0.4) is 0 Å². The molecule has 1 N–H and O–H groups in total. The van der Waals surface area contributed by atoms with E-state index in [-0.39, 0.29) is 18.3 Å².